The molecule has 0 aliphatic carbocycles. The molecule has 1 aromatic heterocycles. The van der Waals surface area contributed by atoms with Crippen LogP contribution < -0.4 is 5.14 Å². The molecule has 0 atom stereocenters. The van der Waals surface area contributed by atoms with Gasteiger partial charge in [-0.05, 0) is 25.3 Å². The van der Waals surface area contributed by atoms with Gasteiger partial charge >= 0.3 is 0 Å². The molecule has 0 saturated carbocycles. The van der Waals surface area contributed by atoms with Crippen molar-refractivity contribution >= 4 is 15.9 Å². The number of sulfonamides is 1. The fourth-order valence-corrected chi connectivity index (χ4v) is 2.38. The first-order chi connectivity index (χ1) is 9.16. The first-order valence-corrected chi connectivity index (χ1v) is 8.19. The molecule has 1 aromatic rings. The Morgan fingerprint density at radius 2 is 2.05 bits per heavy atom. The van der Waals surface area contributed by atoms with Crippen LogP contribution in [0.5, 0.6) is 0 Å². The topological polar surface area (TPSA) is 85.4 Å². The van der Waals surface area contributed by atoms with E-state index in [0.29, 0.717) is 24.7 Å². The maximum atomic E-state index is 12.3. The average molecular weight is 301 g/mol. The number of primary sulfonamides is 1. The molecule has 1 rings (SSSR count). The summed E-state index contributed by atoms with van der Waals surface area (Å²) in [4.78, 5) is 13.9. The van der Waals surface area contributed by atoms with Gasteiger partial charge in [-0.3, -0.25) is 4.79 Å². The number of hydrogen-bond acceptors (Lipinski definition) is 3. The number of carbonyl (C=O) groups excluding carboxylic acids is 1. The molecule has 7 heteroatoms. The van der Waals surface area contributed by atoms with Crippen LogP contribution in [0.4, 0.5) is 0 Å². The van der Waals surface area contributed by atoms with Gasteiger partial charge in [0.15, 0.2) is 0 Å². The molecule has 0 spiro atoms. The molecule has 0 fully saturated rings. The van der Waals surface area contributed by atoms with Crippen LogP contribution in [0, 0.1) is 5.92 Å². The van der Waals surface area contributed by atoms with Crippen molar-refractivity contribution in [3.05, 3.63) is 18.0 Å². The Morgan fingerprint density at radius 1 is 1.45 bits per heavy atom. The first kappa shape index (κ1) is 16.7. The molecule has 2 N–H and O–H groups in total. The quantitative estimate of drug-likeness (QED) is 0.858. The highest BCUT2D eigenvalue weighted by atomic mass is 32.2. The van der Waals surface area contributed by atoms with Crippen LogP contribution in [0.25, 0.3) is 0 Å². The number of hydrogen-bond donors (Lipinski definition) is 1. The highest BCUT2D eigenvalue weighted by Crippen LogP contribution is 2.15. The van der Waals surface area contributed by atoms with Gasteiger partial charge in [-0.2, -0.15) is 0 Å². The fourth-order valence-electron chi connectivity index (χ4n) is 1.83. The minimum absolute atomic E-state index is 0.0278. The summed E-state index contributed by atoms with van der Waals surface area (Å²) >= 11 is 0. The third-order valence-corrected chi connectivity index (χ3v) is 4.03. The third-order valence-electron chi connectivity index (χ3n) is 3.15. The summed E-state index contributed by atoms with van der Waals surface area (Å²) in [7, 11) is -2.07. The second-order valence-corrected chi connectivity index (χ2v) is 6.86. The predicted molar refractivity (Wildman–Crippen MR) is 77.9 cm³/mol. The molecular weight excluding hydrogens is 278 g/mol. The molecule has 1 amide bonds. The van der Waals surface area contributed by atoms with Gasteiger partial charge in [-0.15, -0.1) is 0 Å². The van der Waals surface area contributed by atoms with Crippen molar-refractivity contribution in [2.75, 3.05) is 13.6 Å². The largest absolute Gasteiger partial charge is 0.342 e. The second kappa shape index (κ2) is 6.41. The van der Waals surface area contributed by atoms with Gasteiger partial charge in [0.1, 0.15) is 10.6 Å². The van der Waals surface area contributed by atoms with Crippen LogP contribution in [0.15, 0.2) is 17.2 Å². The summed E-state index contributed by atoms with van der Waals surface area (Å²) in [5.74, 6) is 0.311. The summed E-state index contributed by atoms with van der Waals surface area (Å²) < 4.78 is 24.3. The lowest BCUT2D eigenvalue weighted by atomic mass is 10.1. The van der Waals surface area contributed by atoms with Crippen molar-refractivity contribution in [3.63, 3.8) is 0 Å². The zero-order chi connectivity index (χ0) is 15.5. The zero-order valence-corrected chi connectivity index (χ0v) is 13.3. The molecule has 1 heterocycles. The standard InChI is InChI=1S/C13H23N3O3S/c1-5-16-9-11(20(14,18)19)8-12(16)13(17)15(4)7-6-10(2)3/h8-10H,5-7H2,1-4H3,(H2,14,18,19). The normalized spacial score (nSPS) is 11.9. The summed E-state index contributed by atoms with van der Waals surface area (Å²) in [6.45, 7) is 7.17. The van der Waals surface area contributed by atoms with E-state index in [2.05, 4.69) is 13.8 Å². The smallest absolute Gasteiger partial charge is 0.270 e. The van der Waals surface area contributed by atoms with Crippen molar-refractivity contribution in [2.24, 2.45) is 11.1 Å². The van der Waals surface area contributed by atoms with Crippen LogP contribution in [0.2, 0.25) is 0 Å². The first-order valence-electron chi connectivity index (χ1n) is 6.65. The minimum atomic E-state index is -3.79. The highest BCUT2D eigenvalue weighted by molar-refractivity contribution is 7.89. The number of rotatable bonds is 6. The van der Waals surface area contributed by atoms with Gasteiger partial charge in [0, 0.05) is 26.3 Å². The van der Waals surface area contributed by atoms with Gasteiger partial charge in [-0.1, -0.05) is 13.8 Å². The fraction of sp³-hybridized carbons (Fsp3) is 0.615. The van der Waals surface area contributed by atoms with E-state index in [9.17, 15) is 13.2 Å². The zero-order valence-electron chi connectivity index (χ0n) is 12.5. The lowest BCUT2D eigenvalue weighted by Gasteiger charge is -2.19. The van der Waals surface area contributed by atoms with E-state index < -0.39 is 10.0 Å². The molecule has 0 aromatic carbocycles. The van der Waals surface area contributed by atoms with Crippen LogP contribution >= 0.6 is 0 Å². The predicted octanol–water partition coefficient (Wildman–Crippen LogP) is 1.27. The Kier molecular flexibility index (Phi) is 5.35. The molecular formula is C13H23N3O3S. The minimum Gasteiger partial charge on any atom is -0.342 e. The Hall–Kier alpha value is -1.34. The van der Waals surface area contributed by atoms with Crippen molar-refractivity contribution in [1.82, 2.24) is 9.47 Å². The Morgan fingerprint density at radius 3 is 2.50 bits per heavy atom. The monoisotopic (exact) mass is 301 g/mol. The Labute approximate surface area is 120 Å². The van der Waals surface area contributed by atoms with E-state index in [1.165, 1.54) is 12.3 Å². The van der Waals surface area contributed by atoms with Crippen molar-refractivity contribution in [2.45, 2.75) is 38.6 Å². The van der Waals surface area contributed by atoms with Gasteiger partial charge in [0.05, 0.1) is 0 Å². The number of aryl methyl sites for hydroxylation is 1. The number of nitrogens with two attached hydrogens (primary N) is 1. The van der Waals surface area contributed by atoms with Crippen LogP contribution in [-0.2, 0) is 16.6 Å². The summed E-state index contributed by atoms with van der Waals surface area (Å²) in [6.07, 6.45) is 2.30. The average Bonchev–Trinajstić information content (AvgIpc) is 2.78. The van der Waals surface area contributed by atoms with Gasteiger partial charge in [0.2, 0.25) is 10.0 Å². The van der Waals surface area contributed by atoms with Crippen LogP contribution in [-0.4, -0.2) is 37.4 Å². The molecule has 0 unspecified atom stereocenters. The van der Waals surface area contributed by atoms with E-state index in [-0.39, 0.29) is 10.8 Å². The van der Waals surface area contributed by atoms with E-state index in [1.54, 1.807) is 16.5 Å². The second-order valence-electron chi connectivity index (χ2n) is 5.30. The molecule has 0 aliphatic heterocycles. The Balaban J connectivity index is 3.00. The number of carbonyl (C=O) groups is 1. The number of nitrogens with zero attached hydrogens (tertiary/aromatic N) is 2. The molecule has 6 nitrogen and oxygen atoms in total. The van der Waals surface area contributed by atoms with E-state index in [1.807, 2.05) is 6.92 Å². The maximum absolute atomic E-state index is 12.3. The van der Waals surface area contributed by atoms with Crippen LogP contribution in [0.1, 0.15) is 37.7 Å². The van der Waals surface area contributed by atoms with Gasteiger partial charge in [-0.25, -0.2) is 13.6 Å². The van der Waals surface area contributed by atoms with Gasteiger partial charge < -0.3 is 9.47 Å². The molecule has 0 radical (unpaired) electrons. The molecule has 20 heavy (non-hydrogen) atoms. The number of aromatic nitrogens is 1. The lowest BCUT2D eigenvalue weighted by molar-refractivity contribution is 0.0778. The van der Waals surface area contributed by atoms with Crippen molar-refractivity contribution in [1.29, 1.82) is 0 Å². The summed E-state index contributed by atoms with van der Waals surface area (Å²) in [5, 5.41) is 5.10. The molecule has 114 valence electrons. The molecule has 0 saturated heterocycles. The Bertz CT molecular complexity index is 576. The van der Waals surface area contributed by atoms with Crippen molar-refractivity contribution < 1.29 is 13.2 Å². The van der Waals surface area contributed by atoms with Crippen molar-refractivity contribution in [3.8, 4) is 0 Å². The maximum Gasteiger partial charge on any atom is 0.270 e. The summed E-state index contributed by atoms with van der Waals surface area (Å²) in [6, 6.07) is 1.34. The highest BCUT2D eigenvalue weighted by Gasteiger charge is 2.20. The van der Waals surface area contributed by atoms with E-state index in [4.69, 9.17) is 5.14 Å². The SMILES string of the molecule is CCn1cc(S(N)(=O)=O)cc1C(=O)N(C)CCC(C)C. The molecule has 0 bridgehead atoms. The molecule has 0 aliphatic rings. The number of amides is 1. The van der Waals surface area contributed by atoms with E-state index >= 15 is 0 Å². The summed E-state index contributed by atoms with van der Waals surface area (Å²) in [5.41, 5.74) is 0.350. The van der Waals surface area contributed by atoms with Crippen LogP contribution in [0.3, 0.4) is 0 Å². The third kappa shape index (κ3) is 4.08. The van der Waals surface area contributed by atoms with E-state index in [0.717, 1.165) is 6.42 Å². The van der Waals surface area contributed by atoms with Gasteiger partial charge in [0.25, 0.3) is 5.91 Å². The lowest BCUT2D eigenvalue weighted by Crippen LogP contribution is -2.30.